The number of fused-ring (bicyclic) bond motifs is 16. The summed E-state index contributed by atoms with van der Waals surface area (Å²) < 4.78 is 75.6. The van der Waals surface area contributed by atoms with Crippen LogP contribution >= 0.6 is 23.5 Å². The SMILES string of the molecule is O=C1c2c(O)c(=O)ccn2N2CN1C1(/C=C/COc3cc(F)c(F)c4c3[C@@H]2c2ncccc2SC4)CCC1.O=C1c2c(O)c(=O)ccn2N2CN1C1(/C=C/COc3cc(F)c(F)c4c3[C@H]2c2ncccc2SC4)CCC1. The number of thioether (sulfide) groups is 2. The number of hydrogen-bond acceptors (Lipinski definition) is 14. The molecule has 0 saturated heterocycles. The Kier molecular flexibility index (Phi) is 11.3. The van der Waals surface area contributed by atoms with Crippen LogP contribution in [0.2, 0.25) is 0 Å². The molecule has 10 heterocycles. The lowest BCUT2D eigenvalue weighted by Gasteiger charge is -2.53. The fraction of sp³-hybridized carbons (Fsp3) is 0.296. The molecule has 2 saturated carbocycles. The van der Waals surface area contributed by atoms with E-state index in [1.807, 2.05) is 24.3 Å². The summed E-state index contributed by atoms with van der Waals surface area (Å²) in [6.07, 6.45) is 18.1. The fourth-order valence-corrected chi connectivity index (χ4v) is 13.9. The van der Waals surface area contributed by atoms with Crippen LogP contribution in [-0.4, -0.2) is 88.8 Å². The van der Waals surface area contributed by atoms with E-state index in [4.69, 9.17) is 9.47 Å². The number of pyridine rings is 4. The zero-order chi connectivity index (χ0) is 52.4. The molecular formula is C54H44F4N8O8S2. The predicted molar refractivity (Wildman–Crippen MR) is 270 cm³/mol. The van der Waals surface area contributed by atoms with E-state index in [1.54, 1.807) is 56.5 Å². The lowest BCUT2D eigenvalue weighted by molar-refractivity contribution is 0.0248. The maximum absolute atomic E-state index is 15.4. The summed E-state index contributed by atoms with van der Waals surface area (Å²) >= 11 is 2.68. The number of rotatable bonds is 0. The van der Waals surface area contributed by atoms with Gasteiger partial charge in [0.2, 0.25) is 10.9 Å². The molecule has 4 aromatic heterocycles. The number of benzene rings is 2. The number of halogens is 4. The van der Waals surface area contributed by atoms with Crippen molar-refractivity contribution in [3.8, 4) is 23.0 Å². The molecule has 22 heteroatoms. The largest absolute Gasteiger partial charge is 0.502 e. The van der Waals surface area contributed by atoms with Crippen molar-refractivity contribution < 1.29 is 46.8 Å². The molecule has 6 aromatic rings. The Bertz CT molecular complexity index is 3440. The average molecular weight is 1070 g/mol. The van der Waals surface area contributed by atoms with E-state index in [-0.39, 0.29) is 72.1 Å². The molecule has 388 valence electrons. The van der Waals surface area contributed by atoms with E-state index in [1.165, 1.54) is 57.4 Å². The first-order chi connectivity index (χ1) is 36.8. The van der Waals surface area contributed by atoms with Gasteiger partial charge in [0.15, 0.2) is 46.2 Å². The molecule has 2 atom stereocenters. The van der Waals surface area contributed by atoms with Crippen molar-refractivity contribution in [2.45, 2.75) is 83.0 Å². The normalized spacial score (nSPS) is 21.7. The van der Waals surface area contributed by atoms with Crippen molar-refractivity contribution in [2.75, 3.05) is 36.6 Å². The van der Waals surface area contributed by atoms with Crippen molar-refractivity contribution in [2.24, 2.45) is 0 Å². The lowest BCUT2D eigenvalue weighted by Crippen LogP contribution is -2.64. The van der Waals surface area contributed by atoms with Gasteiger partial charge < -0.3 is 29.5 Å². The smallest absolute Gasteiger partial charge is 0.278 e. The fourth-order valence-electron chi connectivity index (χ4n) is 11.8. The summed E-state index contributed by atoms with van der Waals surface area (Å²) in [5.41, 5.74) is -0.795. The highest BCUT2D eigenvalue weighted by Crippen LogP contribution is 2.51. The van der Waals surface area contributed by atoms with Crippen molar-refractivity contribution in [3.05, 3.63) is 186 Å². The van der Waals surface area contributed by atoms with Crippen LogP contribution in [0.15, 0.2) is 117 Å². The lowest BCUT2D eigenvalue weighted by atomic mass is 9.74. The van der Waals surface area contributed by atoms with E-state index in [9.17, 15) is 38.2 Å². The van der Waals surface area contributed by atoms with Gasteiger partial charge in [0.05, 0.1) is 22.5 Å². The van der Waals surface area contributed by atoms with E-state index in [0.29, 0.717) is 48.2 Å². The predicted octanol–water partition coefficient (Wildman–Crippen LogP) is 7.69. The number of nitrogens with zero attached hydrogens (tertiary/aromatic N) is 8. The number of carbonyl (C=O) groups excluding carboxylic acids is 2. The minimum atomic E-state index is -1.01. The van der Waals surface area contributed by atoms with E-state index < -0.39 is 80.6 Å². The van der Waals surface area contributed by atoms with Crippen molar-refractivity contribution in [1.82, 2.24) is 29.1 Å². The zero-order valence-corrected chi connectivity index (χ0v) is 41.8. The van der Waals surface area contributed by atoms with Gasteiger partial charge in [0.25, 0.3) is 11.8 Å². The summed E-state index contributed by atoms with van der Waals surface area (Å²) in [5, 5.41) is 25.2. The summed E-state index contributed by atoms with van der Waals surface area (Å²) in [5.74, 6) is -5.60. The Labute approximate surface area is 438 Å². The Morgan fingerprint density at radius 2 is 1.03 bits per heavy atom. The number of hydrogen-bond donors (Lipinski definition) is 2. The molecule has 8 aliphatic rings. The maximum atomic E-state index is 15.4. The highest BCUT2D eigenvalue weighted by atomic mass is 32.2. The van der Waals surface area contributed by atoms with Crippen molar-refractivity contribution in [3.63, 3.8) is 0 Å². The molecule has 0 radical (unpaired) electrons. The van der Waals surface area contributed by atoms with Crippen LogP contribution in [0.3, 0.4) is 0 Å². The Morgan fingerprint density at radius 1 is 0.605 bits per heavy atom. The first-order valence-electron chi connectivity index (χ1n) is 24.6. The highest BCUT2D eigenvalue weighted by Gasteiger charge is 2.52. The van der Waals surface area contributed by atoms with Gasteiger partial charge >= 0.3 is 0 Å². The molecule has 2 fully saturated rings. The Morgan fingerprint density at radius 3 is 1.42 bits per heavy atom. The Hall–Kier alpha value is -7.72. The third-order valence-electron chi connectivity index (χ3n) is 15.8. The number of carbonyl (C=O) groups is 2. The third kappa shape index (κ3) is 7.18. The van der Waals surface area contributed by atoms with Gasteiger partial charge in [-0.1, -0.05) is 12.2 Å². The topological polar surface area (TPSA) is 176 Å². The first-order valence-corrected chi connectivity index (χ1v) is 26.6. The number of ether oxygens (including phenoxy) is 2. The monoisotopic (exact) mass is 1070 g/mol. The minimum absolute atomic E-state index is 0.0572. The number of aromatic hydroxyl groups is 2. The van der Waals surface area contributed by atoms with Gasteiger partial charge in [0, 0.05) is 92.6 Å². The molecule has 2 N–H and O–H groups in total. The first kappa shape index (κ1) is 48.0. The molecule has 16 nitrogen and oxygen atoms in total. The maximum Gasteiger partial charge on any atom is 0.278 e. The van der Waals surface area contributed by atoms with Gasteiger partial charge in [-0.25, -0.2) is 17.6 Å². The molecule has 2 spiro atoms. The van der Waals surface area contributed by atoms with E-state index >= 15 is 8.78 Å². The average Bonchev–Trinajstić information content (AvgIpc) is 3.70. The van der Waals surface area contributed by atoms with Crippen LogP contribution in [0.1, 0.15) is 105 Å². The van der Waals surface area contributed by atoms with Gasteiger partial charge in [-0.3, -0.25) is 48.5 Å². The molecule has 4 bridgehead atoms. The van der Waals surface area contributed by atoms with Crippen LogP contribution in [0, 0.1) is 23.3 Å². The van der Waals surface area contributed by atoms with Crippen LogP contribution in [0.4, 0.5) is 17.6 Å². The van der Waals surface area contributed by atoms with E-state index in [2.05, 4.69) is 9.97 Å². The van der Waals surface area contributed by atoms with Gasteiger partial charge in [-0.15, -0.1) is 23.5 Å². The molecular weight excluding hydrogens is 1030 g/mol. The number of aromatic nitrogens is 4. The van der Waals surface area contributed by atoms with Gasteiger partial charge in [-0.2, -0.15) is 0 Å². The van der Waals surface area contributed by atoms with E-state index in [0.717, 1.165) is 34.8 Å². The second-order valence-electron chi connectivity index (χ2n) is 19.7. The van der Waals surface area contributed by atoms with Crippen LogP contribution in [0.5, 0.6) is 23.0 Å². The summed E-state index contributed by atoms with van der Waals surface area (Å²) in [6, 6.07) is 10.1. The van der Waals surface area contributed by atoms with Gasteiger partial charge in [0.1, 0.15) is 50.1 Å². The van der Waals surface area contributed by atoms with Crippen LogP contribution < -0.4 is 30.3 Å². The van der Waals surface area contributed by atoms with Crippen molar-refractivity contribution in [1.29, 1.82) is 0 Å². The molecule has 0 unspecified atom stereocenters. The summed E-state index contributed by atoms with van der Waals surface area (Å²) in [6.45, 7) is 0.294. The molecule has 2 amide bonds. The van der Waals surface area contributed by atoms with Crippen LogP contribution in [-0.2, 0) is 11.5 Å². The van der Waals surface area contributed by atoms with Gasteiger partial charge in [-0.05, 0) is 74.9 Å². The standard InChI is InChI=1S/2C27H22F2N4O4S/c2*28-16-12-18-20-15(21(16)29)13-38-19-4-1-9-30-22(19)23(20)33-14-31(27(6-2-7-27)8-3-11-37-18)26(36)24-25(35)17(34)5-10-32(24)33/h2*1,3-5,8-10,12,23,35H,2,6-7,11,13-14H2/b2*8-3+/t2*23-/m10/s1. The van der Waals surface area contributed by atoms with Crippen molar-refractivity contribution >= 4 is 35.3 Å². The van der Waals surface area contributed by atoms with Crippen LogP contribution in [0.25, 0.3) is 0 Å². The highest BCUT2D eigenvalue weighted by molar-refractivity contribution is 7.98. The summed E-state index contributed by atoms with van der Waals surface area (Å²) in [4.78, 5) is 66.9. The number of amides is 2. The quantitative estimate of drug-likeness (QED) is 0.112. The molecule has 76 heavy (non-hydrogen) atoms. The second kappa shape index (κ2) is 18.0. The summed E-state index contributed by atoms with van der Waals surface area (Å²) in [7, 11) is 0. The minimum Gasteiger partial charge on any atom is -0.502 e. The molecule has 14 rings (SSSR count). The molecule has 6 aliphatic heterocycles. The Balaban J connectivity index is 0.000000146. The molecule has 2 aromatic carbocycles. The zero-order valence-electron chi connectivity index (χ0n) is 40.1. The molecule has 2 aliphatic carbocycles. The third-order valence-corrected chi connectivity index (χ3v) is 18.0. The second-order valence-corrected chi connectivity index (χ2v) is 21.7.